The molecule has 0 aromatic carbocycles. The highest BCUT2D eigenvalue weighted by atomic mass is 16.5. The van der Waals surface area contributed by atoms with E-state index in [2.05, 4.69) is 19.2 Å². The Hall–Kier alpha value is -0.120. The predicted octanol–water partition coefficient (Wildman–Crippen LogP) is 2.86. The Bertz CT molecular complexity index is 261. The zero-order valence-electron chi connectivity index (χ0n) is 12.7. The molecule has 0 heterocycles. The Morgan fingerprint density at radius 2 is 1.89 bits per heavy atom. The lowest BCUT2D eigenvalue weighted by Gasteiger charge is -2.29. The van der Waals surface area contributed by atoms with Crippen molar-refractivity contribution in [2.24, 2.45) is 5.41 Å². The van der Waals surface area contributed by atoms with E-state index < -0.39 is 0 Å². The highest BCUT2D eigenvalue weighted by molar-refractivity contribution is 4.90. The molecule has 0 aromatic rings. The van der Waals surface area contributed by atoms with Gasteiger partial charge in [0.25, 0.3) is 0 Å². The second-order valence-electron chi connectivity index (χ2n) is 7.09. The number of hydrogen-bond acceptors (Lipinski definition) is 3. The lowest BCUT2D eigenvalue weighted by atomic mass is 9.87. The number of nitrogens with one attached hydrogen (secondary N) is 1. The van der Waals surface area contributed by atoms with Crippen LogP contribution in [0.2, 0.25) is 0 Å². The van der Waals surface area contributed by atoms with Crippen molar-refractivity contribution in [1.82, 2.24) is 5.32 Å². The van der Waals surface area contributed by atoms with Crippen molar-refractivity contribution in [3.8, 4) is 0 Å². The fraction of sp³-hybridized carbons (Fsp3) is 1.00. The summed E-state index contributed by atoms with van der Waals surface area (Å²) in [5, 5.41) is 13.6. The highest BCUT2D eigenvalue weighted by Gasteiger charge is 2.34. The lowest BCUT2D eigenvalue weighted by Crippen LogP contribution is -2.43. The van der Waals surface area contributed by atoms with Gasteiger partial charge in [0, 0.05) is 12.6 Å². The van der Waals surface area contributed by atoms with E-state index >= 15 is 0 Å². The van der Waals surface area contributed by atoms with Crippen molar-refractivity contribution < 1.29 is 9.84 Å². The van der Waals surface area contributed by atoms with E-state index in [-0.39, 0.29) is 6.10 Å². The molecule has 0 aliphatic heterocycles. The molecule has 0 spiro atoms. The van der Waals surface area contributed by atoms with Crippen molar-refractivity contribution in [1.29, 1.82) is 0 Å². The van der Waals surface area contributed by atoms with Gasteiger partial charge in [0.15, 0.2) is 0 Å². The van der Waals surface area contributed by atoms with Gasteiger partial charge in [-0.1, -0.05) is 39.5 Å². The van der Waals surface area contributed by atoms with E-state index in [0.717, 1.165) is 0 Å². The van der Waals surface area contributed by atoms with Crippen LogP contribution in [-0.4, -0.2) is 36.5 Å². The Morgan fingerprint density at radius 1 is 1.16 bits per heavy atom. The summed E-state index contributed by atoms with van der Waals surface area (Å²) in [7, 11) is 0. The van der Waals surface area contributed by atoms with Crippen LogP contribution < -0.4 is 5.32 Å². The summed E-state index contributed by atoms with van der Waals surface area (Å²) in [6.45, 7) is 5.80. The molecule has 2 atom stereocenters. The third kappa shape index (κ3) is 4.73. The summed E-state index contributed by atoms with van der Waals surface area (Å²) in [6.07, 6.45) is 10.1. The van der Waals surface area contributed by atoms with Crippen LogP contribution >= 0.6 is 0 Å². The minimum atomic E-state index is -0.363. The summed E-state index contributed by atoms with van der Waals surface area (Å²) >= 11 is 0. The first-order chi connectivity index (χ1) is 9.08. The smallest absolute Gasteiger partial charge is 0.0897 e. The number of ether oxygens (including phenoxy) is 1. The fourth-order valence-electron chi connectivity index (χ4n) is 3.52. The van der Waals surface area contributed by atoms with Crippen LogP contribution in [0.3, 0.4) is 0 Å². The van der Waals surface area contributed by atoms with Gasteiger partial charge in [-0.05, 0) is 31.1 Å². The monoisotopic (exact) mass is 269 g/mol. The third-order valence-electron chi connectivity index (χ3n) is 4.93. The summed E-state index contributed by atoms with van der Waals surface area (Å²) in [6, 6.07) is 0.553. The van der Waals surface area contributed by atoms with Gasteiger partial charge in [-0.2, -0.15) is 0 Å². The molecule has 2 aliphatic carbocycles. The molecule has 3 nitrogen and oxygen atoms in total. The van der Waals surface area contributed by atoms with Gasteiger partial charge in [-0.25, -0.2) is 0 Å². The van der Waals surface area contributed by atoms with Gasteiger partial charge < -0.3 is 15.2 Å². The zero-order valence-corrected chi connectivity index (χ0v) is 12.7. The predicted molar refractivity (Wildman–Crippen MR) is 78.3 cm³/mol. The van der Waals surface area contributed by atoms with E-state index in [1.165, 1.54) is 51.4 Å². The lowest BCUT2D eigenvalue weighted by molar-refractivity contribution is -0.0243. The molecule has 0 saturated heterocycles. The van der Waals surface area contributed by atoms with Gasteiger partial charge in [0.1, 0.15) is 0 Å². The van der Waals surface area contributed by atoms with E-state index in [1.54, 1.807) is 0 Å². The standard InChI is InChI=1S/C16H31NO2/c1-16(2)10-6-9-15(16)17-11-13(18)12-19-14-7-4-3-5-8-14/h13-15,17-18H,3-12H2,1-2H3. The Labute approximate surface area is 118 Å². The molecule has 112 valence electrons. The minimum absolute atomic E-state index is 0.363. The Morgan fingerprint density at radius 3 is 2.53 bits per heavy atom. The molecule has 2 aliphatic rings. The number of hydrogen-bond donors (Lipinski definition) is 2. The molecule has 2 saturated carbocycles. The number of aliphatic hydroxyl groups is 1. The molecule has 0 radical (unpaired) electrons. The molecule has 19 heavy (non-hydrogen) atoms. The van der Waals surface area contributed by atoms with E-state index in [4.69, 9.17) is 4.74 Å². The maximum absolute atomic E-state index is 10.0. The first-order valence-corrected chi connectivity index (χ1v) is 8.11. The van der Waals surface area contributed by atoms with E-state index in [1.807, 2.05) is 0 Å². The number of aliphatic hydroxyl groups excluding tert-OH is 1. The summed E-state index contributed by atoms with van der Waals surface area (Å²) in [5.74, 6) is 0. The van der Waals surface area contributed by atoms with Crippen LogP contribution in [0, 0.1) is 5.41 Å². The average Bonchev–Trinajstić information content (AvgIpc) is 2.74. The van der Waals surface area contributed by atoms with Crippen LogP contribution in [0.5, 0.6) is 0 Å². The van der Waals surface area contributed by atoms with Gasteiger partial charge in [0.2, 0.25) is 0 Å². The van der Waals surface area contributed by atoms with E-state index in [0.29, 0.717) is 30.7 Å². The van der Waals surface area contributed by atoms with Crippen molar-refractivity contribution >= 4 is 0 Å². The summed E-state index contributed by atoms with van der Waals surface area (Å²) in [4.78, 5) is 0. The van der Waals surface area contributed by atoms with Crippen LogP contribution in [0.4, 0.5) is 0 Å². The number of rotatable bonds is 6. The van der Waals surface area contributed by atoms with Crippen LogP contribution in [-0.2, 0) is 4.74 Å². The average molecular weight is 269 g/mol. The Kier molecular flexibility index (Phi) is 5.67. The maximum atomic E-state index is 10.0. The molecule has 0 aromatic heterocycles. The molecule has 0 bridgehead atoms. The first kappa shape index (κ1) is 15.3. The van der Waals surface area contributed by atoms with Crippen molar-refractivity contribution in [3.63, 3.8) is 0 Å². The second-order valence-corrected chi connectivity index (χ2v) is 7.09. The van der Waals surface area contributed by atoms with Gasteiger partial charge in [-0.15, -0.1) is 0 Å². The normalized spacial score (nSPS) is 29.5. The largest absolute Gasteiger partial charge is 0.389 e. The molecular formula is C16H31NO2. The van der Waals surface area contributed by atoms with Gasteiger partial charge in [0.05, 0.1) is 18.8 Å². The molecule has 2 unspecified atom stereocenters. The van der Waals surface area contributed by atoms with Gasteiger partial charge in [-0.3, -0.25) is 0 Å². The van der Waals surface area contributed by atoms with E-state index in [9.17, 15) is 5.11 Å². The SMILES string of the molecule is CC1(C)CCCC1NCC(O)COC1CCCCC1. The van der Waals surface area contributed by atoms with Crippen LogP contribution in [0.1, 0.15) is 65.2 Å². The van der Waals surface area contributed by atoms with Crippen LogP contribution in [0.15, 0.2) is 0 Å². The zero-order chi connectivity index (χ0) is 13.7. The molecular weight excluding hydrogens is 238 g/mol. The van der Waals surface area contributed by atoms with Crippen molar-refractivity contribution in [2.75, 3.05) is 13.2 Å². The molecule has 2 N–H and O–H groups in total. The first-order valence-electron chi connectivity index (χ1n) is 8.11. The minimum Gasteiger partial charge on any atom is -0.389 e. The molecule has 2 fully saturated rings. The quantitative estimate of drug-likeness (QED) is 0.779. The highest BCUT2D eigenvalue weighted by Crippen LogP contribution is 2.37. The third-order valence-corrected chi connectivity index (χ3v) is 4.93. The van der Waals surface area contributed by atoms with Gasteiger partial charge >= 0.3 is 0 Å². The molecule has 0 amide bonds. The summed E-state index contributed by atoms with van der Waals surface area (Å²) in [5.41, 5.74) is 0.379. The maximum Gasteiger partial charge on any atom is 0.0897 e. The second kappa shape index (κ2) is 7.05. The molecule has 2 rings (SSSR count). The van der Waals surface area contributed by atoms with Crippen molar-refractivity contribution in [2.45, 2.75) is 83.5 Å². The summed E-state index contributed by atoms with van der Waals surface area (Å²) < 4.78 is 5.82. The van der Waals surface area contributed by atoms with Crippen molar-refractivity contribution in [3.05, 3.63) is 0 Å². The fourth-order valence-corrected chi connectivity index (χ4v) is 3.52. The topological polar surface area (TPSA) is 41.5 Å². The molecule has 3 heteroatoms. The Balaban J connectivity index is 1.60. The van der Waals surface area contributed by atoms with Crippen LogP contribution in [0.25, 0.3) is 0 Å².